The van der Waals surface area contributed by atoms with Crippen molar-refractivity contribution in [3.63, 3.8) is 0 Å². The molecule has 1 aromatic heterocycles. The molecule has 0 spiro atoms. The number of rotatable bonds is 9. The second kappa shape index (κ2) is 13.8. The Hall–Kier alpha value is -4.17. The molecule has 0 saturated carbocycles. The lowest BCUT2D eigenvalue weighted by atomic mass is 10.1. The summed E-state index contributed by atoms with van der Waals surface area (Å²) in [7, 11) is 0. The van der Waals surface area contributed by atoms with Crippen LogP contribution in [0.4, 0.5) is 5.69 Å². The summed E-state index contributed by atoms with van der Waals surface area (Å²) >= 11 is 5.92. The van der Waals surface area contributed by atoms with Gasteiger partial charge >= 0.3 is 0 Å². The van der Waals surface area contributed by atoms with Crippen molar-refractivity contribution in [1.29, 1.82) is 0 Å². The van der Waals surface area contributed by atoms with Gasteiger partial charge in [-0.15, -0.1) is 0 Å². The van der Waals surface area contributed by atoms with Crippen LogP contribution >= 0.6 is 11.6 Å². The summed E-state index contributed by atoms with van der Waals surface area (Å²) in [6.07, 6.45) is 4.83. The van der Waals surface area contributed by atoms with Crippen molar-refractivity contribution < 1.29 is 14.4 Å². The molecule has 2 N–H and O–H groups in total. The highest BCUT2D eigenvalue weighted by Crippen LogP contribution is 2.20. The topological polar surface area (TPSA) is 94.6 Å². The number of carbonyl (C=O) groups is 3. The molecule has 0 radical (unpaired) electrons. The Morgan fingerprint density at radius 2 is 1.80 bits per heavy atom. The number of halogens is 1. The molecule has 208 valence electrons. The zero-order valence-corrected chi connectivity index (χ0v) is 23.5. The van der Waals surface area contributed by atoms with Crippen LogP contribution in [0, 0.1) is 6.92 Å². The minimum absolute atomic E-state index is 0.0125. The van der Waals surface area contributed by atoms with E-state index in [1.54, 1.807) is 53.6 Å². The van der Waals surface area contributed by atoms with Gasteiger partial charge in [0.1, 0.15) is 6.04 Å². The molecule has 1 fully saturated rings. The molecule has 40 heavy (non-hydrogen) atoms. The molecule has 2 aromatic carbocycles. The predicted octanol–water partition coefficient (Wildman–Crippen LogP) is 3.64. The third kappa shape index (κ3) is 8.16. The Bertz CT molecular complexity index is 1330. The van der Waals surface area contributed by atoms with Crippen molar-refractivity contribution in [3.8, 4) is 0 Å². The average molecular weight is 560 g/mol. The Balaban J connectivity index is 1.34. The fraction of sp³-hybridized carbons (Fsp3) is 0.290. The highest BCUT2D eigenvalue weighted by molar-refractivity contribution is 6.30. The van der Waals surface area contributed by atoms with Crippen molar-refractivity contribution in [2.75, 3.05) is 31.1 Å². The maximum Gasteiger partial charge on any atom is 0.244 e. The number of benzene rings is 2. The predicted molar refractivity (Wildman–Crippen MR) is 158 cm³/mol. The van der Waals surface area contributed by atoms with E-state index in [-0.39, 0.29) is 24.9 Å². The molecule has 9 heteroatoms. The number of piperazine rings is 1. The van der Waals surface area contributed by atoms with Crippen molar-refractivity contribution >= 4 is 41.1 Å². The van der Waals surface area contributed by atoms with Crippen LogP contribution in [0.3, 0.4) is 0 Å². The quantitative estimate of drug-likeness (QED) is 0.390. The highest BCUT2D eigenvalue weighted by atomic mass is 35.5. The van der Waals surface area contributed by atoms with Crippen LogP contribution in [0.25, 0.3) is 6.08 Å². The lowest BCUT2D eigenvalue weighted by molar-refractivity contribution is -0.135. The Labute approximate surface area is 240 Å². The van der Waals surface area contributed by atoms with Crippen LogP contribution in [-0.4, -0.2) is 65.9 Å². The molecule has 0 bridgehead atoms. The van der Waals surface area contributed by atoms with Crippen molar-refractivity contribution in [2.24, 2.45) is 0 Å². The monoisotopic (exact) mass is 559 g/mol. The van der Waals surface area contributed by atoms with Crippen molar-refractivity contribution in [2.45, 2.75) is 32.4 Å². The Kier molecular flexibility index (Phi) is 9.91. The number of amides is 3. The summed E-state index contributed by atoms with van der Waals surface area (Å²) in [6.45, 7) is 5.90. The second-order valence-electron chi connectivity index (χ2n) is 9.91. The number of nitrogens with one attached hydrogen (secondary N) is 2. The maximum atomic E-state index is 13.2. The molecule has 2 heterocycles. The summed E-state index contributed by atoms with van der Waals surface area (Å²) in [6, 6.07) is 19.9. The number of carbonyl (C=O) groups excluding carboxylic acids is 3. The third-order valence-electron chi connectivity index (χ3n) is 6.83. The van der Waals surface area contributed by atoms with E-state index < -0.39 is 17.9 Å². The first-order chi connectivity index (χ1) is 19.3. The standard InChI is InChI=1S/C31H34ClN5O3/c1-22-6-13-27(14-7-22)36-17-18-37(23(2)21-36)30(39)20-34-31(40)28(19-26-5-3-4-16-33-26)35-29(38)15-10-24-8-11-25(32)12-9-24/h3-16,23,28H,17-21H2,1-2H3,(H,34,40)(H,35,38)/b15-10+. The first kappa shape index (κ1) is 28.8. The van der Waals surface area contributed by atoms with Gasteiger partial charge in [0.05, 0.1) is 6.54 Å². The molecule has 4 rings (SSSR count). The van der Waals surface area contributed by atoms with Gasteiger partial charge in [0, 0.05) is 60.8 Å². The Morgan fingerprint density at radius 3 is 2.48 bits per heavy atom. The number of aryl methyl sites for hydroxylation is 1. The molecule has 1 aliphatic rings. The van der Waals surface area contributed by atoms with E-state index in [0.29, 0.717) is 30.4 Å². The van der Waals surface area contributed by atoms with Gasteiger partial charge in [0.2, 0.25) is 17.7 Å². The van der Waals surface area contributed by atoms with Crippen LogP contribution in [0.2, 0.25) is 5.02 Å². The summed E-state index contributed by atoms with van der Waals surface area (Å²) < 4.78 is 0. The highest BCUT2D eigenvalue weighted by Gasteiger charge is 2.28. The lowest BCUT2D eigenvalue weighted by Crippen LogP contribution is -2.57. The average Bonchev–Trinajstić information content (AvgIpc) is 2.96. The number of anilines is 1. The van der Waals surface area contributed by atoms with E-state index in [0.717, 1.165) is 11.3 Å². The minimum Gasteiger partial charge on any atom is -0.368 e. The number of hydrogen-bond acceptors (Lipinski definition) is 5. The normalized spacial score (nSPS) is 16.0. The van der Waals surface area contributed by atoms with Gasteiger partial charge in [-0.05, 0) is 61.9 Å². The van der Waals surface area contributed by atoms with E-state index in [1.165, 1.54) is 11.6 Å². The molecule has 1 aliphatic heterocycles. The van der Waals surface area contributed by atoms with Crippen LogP contribution in [0.5, 0.6) is 0 Å². The van der Waals surface area contributed by atoms with E-state index in [9.17, 15) is 14.4 Å². The smallest absolute Gasteiger partial charge is 0.244 e. The fourth-order valence-corrected chi connectivity index (χ4v) is 4.73. The molecular weight excluding hydrogens is 526 g/mol. The summed E-state index contributed by atoms with van der Waals surface area (Å²) in [4.78, 5) is 47.2. The van der Waals surface area contributed by atoms with Crippen molar-refractivity contribution in [1.82, 2.24) is 20.5 Å². The molecular formula is C31H34ClN5O3. The fourth-order valence-electron chi connectivity index (χ4n) is 4.61. The van der Waals surface area contributed by atoms with Gasteiger partial charge in [-0.25, -0.2) is 0 Å². The number of pyridine rings is 1. The second-order valence-corrected chi connectivity index (χ2v) is 10.3. The molecule has 3 aromatic rings. The van der Waals surface area contributed by atoms with Crippen molar-refractivity contribution in [3.05, 3.63) is 101 Å². The van der Waals surface area contributed by atoms with E-state index in [2.05, 4.69) is 51.7 Å². The molecule has 2 atom stereocenters. The number of hydrogen-bond donors (Lipinski definition) is 2. The van der Waals surface area contributed by atoms with Gasteiger partial charge in [-0.3, -0.25) is 19.4 Å². The van der Waals surface area contributed by atoms with Crippen LogP contribution in [0.15, 0.2) is 79.0 Å². The van der Waals surface area contributed by atoms with Gasteiger partial charge in [0.25, 0.3) is 0 Å². The molecule has 8 nitrogen and oxygen atoms in total. The first-order valence-corrected chi connectivity index (χ1v) is 13.7. The van der Waals surface area contributed by atoms with E-state index in [1.807, 2.05) is 13.0 Å². The largest absolute Gasteiger partial charge is 0.368 e. The number of nitrogens with zero attached hydrogens (tertiary/aromatic N) is 3. The maximum absolute atomic E-state index is 13.2. The molecule has 1 saturated heterocycles. The van der Waals surface area contributed by atoms with Gasteiger partial charge in [-0.2, -0.15) is 0 Å². The molecule has 3 amide bonds. The van der Waals surface area contributed by atoms with Crippen LogP contribution < -0.4 is 15.5 Å². The van der Waals surface area contributed by atoms with Gasteiger partial charge < -0.3 is 20.4 Å². The minimum atomic E-state index is -0.902. The zero-order valence-electron chi connectivity index (χ0n) is 22.7. The summed E-state index contributed by atoms with van der Waals surface area (Å²) in [5.74, 6) is -1.04. The Morgan fingerprint density at radius 1 is 1.05 bits per heavy atom. The van der Waals surface area contributed by atoms with Gasteiger partial charge in [-0.1, -0.05) is 47.5 Å². The van der Waals surface area contributed by atoms with Gasteiger partial charge in [0.15, 0.2) is 0 Å². The third-order valence-corrected chi connectivity index (χ3v) is 7.08. The molecule has 0 aliphatic carbocycles. The lowest BCUT2D eigenvalue weighted by Gasteiger charge is -2.41. The van der Waals surface area contributed by atoms with Crippen LogP contribution in [-0.2, 0) is 20.8 Å². The first-order valence-electron chi connectivity index (χ1n) is 13.3. The number of aromatic nitrogens is 1. The molecule has 2 unspecified atom stereocenters. The van der Waals surface area contributed by atoms with E-state index in [4.69, 9.17) is 11.6 Å². The summed E-state index contributed by atoms with van der Waals surface area (Å²) in [5, 5.41) is 6.08. The van der Waals surface area contributed by atoms with E-state index >= 15 is 0 Å². The zero-order chi connectivity index (χ0) is 28.5. The SMILES string of the molecule is Cc1ccc(N2CCN(C(=O)CNC(=O)C(Cc3ccccn3)NC(=O)/C=C/c3ccc(Cl)cc3)C(C)C2)cc1. The summed E-state index contributed by atoms with van der Waals surface area (Å²) in [5.41, 5.74) is 3.79. The van der Waals surface area contributed by atoms with Crippen LogP contribution in [0.1, 0.15) is 23.7 Å².